The molecule has 1 aliphatic rings. The van der Waals surface area contributed by atoms with E-state index in [0.717, 1.165) is 26.3 Å². The molecule has 1 aliphatic heterocycles. The normalized spacial score (nSPS) is 19.6. The first-order valence-electron chi connectivity index (χ1n) is 5.16. The van der Waals surface area contributed by atoms with E-state index in [1.807, 2.05) is 12.1 Å². The van der Waals surface area contributed by atoms with E-state index in [-0.39, 0.29) is 0 Å². The highest BCUT2D eigenvalue weighted by molar-refractivity contribution is 5.03. The van der Waals surface area contributed by atoms with Crippen LogP contribution < -0.4 is 0 Å². The van der Waals surface area contributed by atoms with Crippen LogP contribution in [-0.2, 0) is 4.74 Å². The van der Waals surface area contributed by atoms with Gasteiger partial charge < -0.3 is 4.74 Å². The van der Waals surface area contributed by atoms with Crippen molar-refractivity contribution in [1.29, 1.82) is 5.26 Å². The van der Waals surface area contributed by atoms with Gasteiger partial charge in [0.1, 0.15) is 0 Å². The van der Waals surface area contributed by atoms with Gasteiger partial charge in [-0.2, -0.15) is 5.26 Å². The number of ether oxygens (including phenoxy) is 1. The number of rotatable bonds is 5. The molecular weight excluding hydrogens is 176 g/mol. The zero-order valence-electron chi connectivity index (χ0n) is 8.94. The lowest BCUT2D eigenvalue weighted by molar-refractivity contribution is -0.0653. The third-order valence-corrected chi connectivity index (χ3v) is 2.56. The van der Waals surface area contributed by atoms with Gasteiger partial charge in [-0.3, -0.25) is 4.90 Å². The van der Waals surface area contributed by atoms with Gasteiger partial charge in [0.05, 0.1) is 25.3 Å². The maximum Gasteiger partial charge on any atom is 0.0908 e. The minimum atomic E-state index is 0.440. The maximum absolute atomic E-state index is 8.40. The second-order valence-corrected chi connectivity index (χ2v) is 3.74. The molecule has 14 heavy (non-hydrogen) atoms. The van der Waals surface area contributed by atoms with E-state index in [2.05, 4.69) is 18.7 Å². The fourth-order valence-corrected chi connectivity index (χ4v) is 1.61. The molecule has 1 saturated heterocycles. The number of nitrogens with zero attached hydrogens (tertiary/aromatic N) is 2. The third-order valence-electron chi connectivity index (χ3n) is 2.56. The molecule has 1 unspecified atom stereocenters. The van der Waals surface area contributed by atoms with E-state index in [4.69, 9.17) is 10.00 Å². The van der Waals surface area contributed by atoms with Crippen LogP contribution in [0.5, 0.6) is 0 Å². The average Bonchev–Trinajstić information content (AvgIpc) is 2.10. The Morgan fingerprint density at radius 1 is 1.64 bits per heavy atom. The summed E-state index contributed by atoms with van der Waals surface area (Å²) < 4.78 is 5.17. The molecule has 0 aromatic rings. The largest absolute Gasteiger partial charge is 0.378 e. The average molecular weight is 194 g/mol. The molecule has 0 spiro atoms. The Bertz CT molecular complexity index is 228. The van der Waals surface area contributed by atoms with Crippen LogP contribution in [0.4, 0.5) is 0 Å². The summed E-state index contributed by atoms with van der Waals surface area (Å²) in [5.41, 5.74) is 0. The zero-order chi connectivity index (χ0) is 10.4. The van der Waals surface area contributed by atoms with Crippen LogP contribution in [0.3, 0.4) is 0 Å². The SMILES string of the molecule is CCN(CC(C)C=CC#N)C1COC1. The van der Waals surface area contributed by atoms with Crippen molar-refractivity contribution in [3.8, 4) is 6.07 Å². The molecule has 3 heteroatoms. The number of hydrogen-bond acceptors (Lipinski definition) is 3. The van der Waals surface area contributed by atoms with Gasteiger partial charge in [-0.15, -0.1) is 0 Å². The Labute approximate surface area is 86.0 Å². The summed E-state index contributed by atoms with van der Waals surface area (Å²) in [5, 5.41) is 8.40. The Balaban J connectivity index is 2.32. The summed E-state index contributed by atoms with van der Waals surface area (Å²) in [7, 11) is 0. The van der Waals surface area contributed by atoms with Crippen LogP contribution in [0, 0.1) is 17.2 Å². The Morgan fingerprint density at radius 3 is 2.79 bits per heavy atom. The van der Waals surface area contributed by atoms with E-state index in [1.54, 1.807) is 6.08 Å². The van der Waals surface area contributed by atoms with Gasteiger partial charge in [-0.1, -0.05) is 19.9 Å². The third kappa shape index (κ3) is 3.13. The first-order chi connectivity index (χ1) is 6.77. The topological polar surface area (TPSA) is 36.3 Å². The molecule has 1 atom stereocenters. The minimum Gasteiger partial charge on any atom is -0.378 e. The zero-order valence-corrected chi connectivity index (χ0v) is 8.94. The fraction of sp³-hybridized carbons (Fsp3) is 0.727. The quantitative estimate of drug-likeness (QED) is 0.621. The fourth-order valence-electron chi connectivity index (χ4n) is 1.61. The van der Waals surface area contributed by atoms with Crippen LogP contribution in [0.1, 0.15) is 13.8 Å². The molecule has 0 aromatic carbocycles. The van der Waals surface area contributed by atoms with Gasteiger partial charge in [0, 0.05) is 12.6 Å². The molecule has 0 saturated carbocycles. The van der Waals surface area contributed by atoms with Crippen molar-refractivity contribution in [2.75, 3.05) is 26.3 Å². The lowest BCUT2D eigenvalue weighted by atomic mass is 10.1. The first-order valence-corrected chi connectivity index (χ1v) is 5.16. The molecule has 0 N–H and O–H groups in total. The van der Waals surface area contributed by atoms with Gasteiger partial charge >= 0.3 is 0 Å². The molecule has 1 heterocycles. The van der Waals surface area contributed by atoms with Crippen molar-refractivity contribution in [2.45, 2.75) is 19.9 Å². The molecule has 0 radical (unpaired) electrons. The second-order valence-electron chi connectivity index (χ2n) is 3.74. The number of nitriles is 1. The monoisotopic (exact) mass is 194 g/mol. The van der Waals surface area contributed by atoms with Gasteiger partial charge in [0.15, 0.2) is 0 Å². The first kappa shape index (κ1) is 11.2. The summed E-state index contributed by atoms with van der Waals surface area (Å²) in [6.45, 7) is 8.10. The van der Waals surface area contributed by atoms with Crippen molar-refractivity contribution in [3.63, 3.8) is 0 Å². The van der Waals surface area contributed by atoms with Gasteiger partial charge in [0.2, 0.25) is 0 Å². The van der Waals surface area contributed by atoms with E-state index >= 15 is 0 Å². The molecule has 1 fully saturated rings. The lowest BCUT2D eigenvalue weighted by Crippen LogP contribution is -2.50. The Kier molecular flexibility index (Phi) is 4.64. The number of allylic oxidation sites excluding steroid dienone is 1. The van der Waals surface area contributed by atoms with Crippen LogP contribution in [0.15, 0.2) is 12.2 Å². The molecule has 0 bridgehead atoms. The summed E-state index contributed by atoms with van der Waals surface area (Å²) in [5.74, 6) is 0.440. The molecule has 0 aromatic heterocycles. The molecule has 78 valence electrons. The van der Waals surface area contributed by atoms with Crippen LogP contribution in [0.25, 0.3) is 0 Å². The van der Waals surface area contributed by atoms with Crippen molar-refractivity contribution in [3.05, 3.63) is 12.2 Å². The van der Waals surface area contributed by atoms with Crippen molar-refractivity contribution < 1.29 is 4.74 Å². The van der Waals surface area contributed by atoms with E-state index in [9.17, 15) is 0 Å². The smallest absolute Gasteiger partial charge is 0.0908 e. The predicted octanol–water partition coefficient (Wildman–Crippen LogP) is 1.42. The number of hydrogen-bond donors (Lipinski definition) is 0. The predicted molar refractivity (Wildman–Crippen MR) is 55.8 cm³/mol. The highest BCUT2D eigenvalue weighted by Gasteiger charge is 2.25. The van der Waals surface area contributed by atoms with Crippen molar-refractivity contribution in [2.24, 2.45) is 5.92 Å². The summed E-state index contributed by atoms with van der Waals surface area (Å²) >= 11 is 0. The summed E-state index contributed by atoms with van der Waals surface area (Å²) in [4.78, 5) is 2.41. The molecule has 1 rings (SSSR count). The van der Waals surface area contributed by atoms with Crippen LogP contribution >= 0.6 is 0 Å². The molecule has 0 amide bonds. The molecular formula is C11H18N2O. The Hall–Kier alpha value is -0.850. The summed E-state index contributed by atoms with van der Waals surface area (Å²) in [6, 6.07) is 2.62. The van der Waals surface area contributed by atoms with E-state index in [1.165, 1.54) is 0 Å². The highest BCUT2D eigenvalue weighted by Crippen LogP contribution is 2.12. The highest BCUT2D eigenvalue weighted by atomic mass is 16.5. The summed E-state index contributed by atoms with van der Waals surface area (Å²) in [6.07, 6.45) is 3.53. The van der Waals surface area contributed by atoms with E-state index in [0.29, 0.717) is 12.0 Å². The Morgan fingerprint density at radius 2 is 2.36 bits per heavy atom. The number of likely N-dealkylation sites (N-methyl/N-ethyl adjacent to an activating group) is 1. The van der Waals surface area contributed by atoms with Gasteiger partial charge in [0.25, 0.3) is 0 Å². The molecule has 3 nitrogen and oxygen atoms in total. The van der Waals surface area contributed by atoms with E-state index < -0.39 is 0 Å². The molecule has 0 aliphatic carbocycles. The minimum absolute atomic E-state index is 0.440. The maximum atomic E-state index is 8.40. The lowest BCUT2D eigenvalue weighted by Gasteiger charge is -2.37. The van der Waals surface area contributed by atoms with Crippen molar-refractivity contribution >= 4 is 0 Å². The van der Waals surface area contributed by atoms with Crippen LogP contribution in [-0.4, -0.2) is 37.2 Å². The van der Waals surface area contributed by atoms with Crippen LogP contribution in [0.2, 0.25) is 0 Å². The standard InChI is InChI=1S/C11H18N2O/c1-3-13(11-8-14-9-11)7-10(2)5-4-6-12/h4-5,10-11H,3,7-9H2,1-2H3. The van der Waals surface area contributed by atoms with Crippen molar-refractivity contribution in [1.82, 2.24) is 4.90 Å². The second kappa shape index (κ2) is 5.79. The van der Waals surface area contributed by atoms with Gasteiger partial charge in [-0.25, -0.2) is 0 Å². The van der Waals surface area contributed by atoms with Gasteiger partial charge in [-0.05, 0) is 12.5 Å².